The Bertz CT molecular complexity index is 897. The van der Waals surface area contributed by atoms with Crippen molar-refractivity contribution < 1.29 is 14.3 Å². The molecule has 1 atom stereocenters. The molecule has 3 heterocycles. The molecule has 144 valence electrons. The number of amides is 2. The Balaban J connectivity index is 1.44. The zero-order valence-electron chi connectivity index (χ0n) is 15.8. The lowest BCUT2D eigenvalue weighted by Gasteiger charge is -2.39. The number of anilines is 2. The van der Waals surface area contributed by atoms with E-state index in [4.69, 9.17) is 4.74 Å². The van der Waals surface area contributed by atoms with Gasteiger partial charge in [0.15, 0.2) is 0 Å². The van der Waals surface area contributed by atoms with Crippen molar-refractivity contribution in [2.45, 2.75) is 24.7 Å². The van der Waals surface area contributed by atoms with E-state index in [1.807, 2.05) is 58.3 Å². The summed E-state index contributed by atoms with van der Waals surface area (Å²) in [6, 6.07) is 17.9. The van der Waals surface area contributed by atoms with Gasteiger partial charge in [-0.25, -0.2) is 0 Å². The van der Waals surface area contributed by atoms with Crippen LogP contribution in [0.4, 0.5) is 11.4 Å². The number of carbonyl (C=O) groups excluding carboxylic acids is 2. The van der Waals surface area contributed by atoms with Crippen LogP contribution in [0.15, 0.2) is 54.6 Å². The molecule has 3 aliphatic rings. The van der Waals surface area contributed by atoms with Crippen molar-refractivity contribution in [3.05, 3.63) is 60.2 Å². The van der Waals surface area contributed by atoms with Gasteiger partial charge in [0.25, 0.3) is 0 Å². The van der Waals surface area contributed by atoms with Gasteiger partial charge in [-0.3, -0.25) is 14.5 Å². The molecular weight excluding hydrogens is 352 g/mol. The fourth-order valence-electron chi connectivity index (χ4n) is 4.92. The quantitative estimate of drug-likeness (QED) is 0.808. The lowest BCUT2D eigenvalue weighted by Crippen LogP contribution is -2.50. The molecule has 0 aromatic heterocycles. The molecule has 2 aromatic rings. The number of hydrogen-bond donors (Lipinski definition) is 0. The molecule has 5 rings (SSSR count). The van der Waals surface area contributed by atoms with Crippen LogP contribution in [-0.2, 0) is 19.7 Å². The molecule has 28 heavy (non-hydrogen) atoms. The Kier molecular flexibility index (Phi) is 4.20. The van der Waals surface area contributed by atoms with Crippen LogP contribution in [0.5, 0.6) is 0 Å². The summed E-state index contributed by atoms with van der Waals surface area (Å²) in [6.45, 7) is 2.45. The minimum Gasteiger partial charge on any atom is -0.381 e. The smallest absolute Gasteiger partial charge is 0.242 e. The average Bonchev–Trinajstić information content (AvgIpc) is 3.36. The molecule has 1 unspecified atom stereocenters. The van der Waals surface area contributed by atoms with Gasteiger partial charge in [-0.1, -0.05) is 36.4 Å². The Hall–Kier alpha value is -2.66. The summed E-state index contributed by atoms with van der Waals surface area (Å²) in [5.41, 5.74) is 2.44. The van der Waals surface area contributed by atoms with Crippen molar-refractivity contribution in [1.29, 1.82) is 0 Å². The Morgan fingerprint density at radius 1 is 1.00 bits per heavy atom. The number of nitrogens with zero attached hydrogens (tertiary/aromatic N) is 2. The number of benzene rings is 2. The third-order valence-electron chi connectivity index (χ3n) is 6.49. The molecule has 2 fully saturated rings. The largest absolute Gasteiger partial charge is 0.381 e. The van der Waals surface area contributed by atoms with E-state index in [2.05, 4.69) is 6.07 Å². The van der Waals surface area contributed by atoms with Crippen LogP contribution in [0.25, 0.3) is 0 Å². The fraction of sp³-hybridized carbons (Fsp3) is 0.391. The number of likely N-dealkylation sites (tertiary alicyclic amines) is 1. The number of rotatable bonds is 2. The zero-order chi connectivity index (χ0) is 19.1. The molecule has 0 bridgehead atoms. The lowest BCUT2D eigenvalue weighted by molar-refractivity contribution is -0.139. The van der Waals surface area contributed by atoms with Gasteiger partial charge in [0.2, 0.25) is 11.8 Å². The van der Waals surface area contributed by atoms with Crippen LogP contribution in [0.2, 0.25) is 0 Å². The van der Waals surface area contributed by atoms with Gasteiger partial charge in [0.05, 0.1) is 23.6 Å². The second-order valence-electron chi connectivity index (χ2n) is 7.96. The van der Waals surface area contributed by atoms with E-state index in [-0.39, 0.29) is 17.7 Å². The van der Waals surface area contributed by atoms with Gasteiger partial charge in [-0.15, -0.1) is 0 Å². The van der Waals surface area contributed by atoms with Gasteiger partial charge in [0, 0.05) is 25.4 Å². The van der Waals surface area contributed by atoms with Gasteiger partial charge in [-0.05, 0) is 43.0 Å². The van der Waals surface area contributed by atoms with Crippen LogP contribution >= 0.6 is 0 Å². The maximum atomic E-state index is 13.7. The SMILES string of the molecule is O=C(C1CCOC1)N1CCC2(CC1)C(=O)N(c1ccccc1)c1ccccc12. The Morgan fingerprint density at radius 3 is 2.43 bits per heavy atom. The van der Waals surface area contributed by atoms with E-state index in [9.17, 15) is 9.59 Å². The van der Waals surface area contributed by atoms with E-state index in [0.29, 0.717) is 39.1 Å². The minimum atomic E-state index is -0.532. The second kappa shape index (κ2) is 6.74. The molecule has 0 aliphatic carbocycles. The van der Waals surface area contributed by atoms with Gasteiger partial charge < -0.3 is 9.64 Å². The van der Waals surface area contributed by atoms with Crippen molar-refractivity contribution in [2.24, 2.45) is 5.92 Å². The van der Waals surface area contributed by atoms with E-state index in [0.717, 1.165) is 23.4 Å². The molecule has 2 saturated heterocycles. The first-order valence-corrected chi connectivity index (χ1v) is 10.1. The van der Waals surface area contributed by atoms with Crippen LogP contribution in [0.3, 0.4) is 0 Å². The Labute approximate surface area is 164 Å². The summed E-state index contributed by atoms with van der Waals surface area (Å²) < 4.78 is 5.38. The van der Waals surface area contributed by atoms with Crippen molar-refractivity contribution in [3.63, 3.8) is 0 Å². The predicted molar refractivity (Wildman–Crippen MR) is 106 cm³/mol. The highest BCUT2D eigenvalue weighted by molar-refractivity contribution is 6.13. The predicted octanol–water partition coefficient (Wildman–Crippen LogP) is 3.26. The van der Waals surface area contributed by atoms with E-state index < -0.39 is 5.41 Å². The summed E-state index contributed by atoms with van der Waals surface area (Å²) in [6.07, 6.45) is 2.15. The molecule has 0 radical (unpaired) electrons. The fourth-order valence-corrected chi connectivity index (χ4v) is 4.92. The summed E-state index contributed by atoms with van der Waals surface area (Å²) >= 11 is 0. The minimum absolute atomic E-state index is 0.0126. The number of para-hydroxylation sites is 2. The molecule has 0 saturated carbocycles. The number of ether oxygens (including phenoxy) is 1. The molecule has 2 amide bonds. The van der Waals surface area contributed by atoms with Crippen molar-refractivity contribution >= 4 is 23.2 Å². The first kappa shape index (κ1) is 17.4. The monoisotopic (exact) mass is 376 g/mol. The molecular formula is C23H24N2O3. The summed E-state index contributed by atoms with van der Waals surface area (Å²) in [7, 11) is 0. The topological polar surface area (TPSA) is 49.9 Å². The van der Waals surface area contributed by atoms with Crippen LogP contribution in [0, 0.1) is 5.92 Å². The summed E-state index contributed by atoms with van der Waals surface area (Å²) in [5.74, 6) is 0.309. The number of piperidine rings is 1. The zero-order valence-corrected chi connectivity index (χ0v) is 15.8. The highest BCUT2D eigenvalue weighted by atomic mass is 16.5. The first-order chi connectivity index (χ1) is 13.7. The number of fused-ring (bicyclic) bond motifs is 2. The van der Waals surface area contributed by atoms with Gasteiger partial charge in [0.1, 0.15) is 0 Å². The van der Waals surface area contributed by atoms with E-state index >= 15 is 0 Å². The molecule has 5 nitrogen and oxygen atoms in total. The van der Waals surface area contributed by atoms with Crippen LogP contribution in [0.1, 0.15) is 24.8 Å². The Morgan fingerprint density at radius 2 is 1.71 bits per heavy atom. The van der Waals surface area contributed by atoms with Crippen molar-refractivity contribution in [2.75, 3.05) is 31.2 Å². The number of hydrogen-bond acceptors (Lipinski definition) is 3. The third kappa shape index (κ3) is 2.57. The first-order valence-electron chi connectivity index (χ1n) is 10.1. The molecule has 0 N–H and O–H groups in total. The molecule has 5 heteroatoms. The second-order valence-corrected chi connectivity index (χ2v) is 7.96. The molecule has 2 aromatic carbocycles. The molecule has 1 spiro atoms. The summed E-state index contributed by atoms with van der Waals surface area (Å²) in [5, 5.41) is 0. The van der Waals surface area contributed by atoms with E-state index in [1.165, 1.54) is 0 Å². The average molecular weight is 376 g/mol. The lowest BCUT2D eigenvalue weighted by atomic mass is 9.73. The third-order valence-corrected chi connectivity index (χ3v) is 6.49. The standard InChI is InChI=1S/C23H24N2O3/c26-21(17-10-15-28-16-17)24-13-11-23(12-14-24)19-8-4-5-9-20(19)25(22(23)27)18-6-2-1-3-7-18/h1-9,17H,10-16H2. The van der Waals surface area contributed by atoms with Gasteiger partial charge in [-0.2, -0.15) is 0 Å². The molecule has 3 aliphatic heterocycles. The highest BCUT2D eigenvalue weighted by Gasteiger charge is 2.53. The van der Waals surface area contributed by atoms with Gasteiger partial charge >= 0.3 is 0 Å². The highest BCUT2D eigenvalue weighted by Crippen LogP contribution is 2.50. The normalized spacial score (nSPS) is 23.3. The van der Waals surface area contributed by atoms with Crippen molar-refractivity contribution in [3.8, 4) is 0 Å². The maximum absolute atomic E-state index is 13.7. The summed E-state index contributed by atoms with van der Waals surface area (Å²) in [4.78, 5) is 30.2. The van der Waals surface area contributed by atoms with Crippen molar-refractivity contribution in [1.82, 2.24) is 4.90 Å². The maximum Gasteiger partial charge on any atom is 0.242 e. The van der Waals surface area contributed by atoms with Crippen LogP contribution in [-0.4, -0.2) is 43.0 Å². The van der Waals surface area contributed by atoms with Crippen LogP contribution < -0.4 is 4.90 Å². The number of carbonyl (C=O) groups is 2. The van der Waals surface area contributed by atoms with E-state index in [1.54, 1.807) is 0 Å².